The van der Waals surface area contributed by atoms with Crippen LogP contribution in [0, 0.1) is 5.92 Å². The summed E-state index contributed by atoms with van der Waals surface area (Å²) in [7, 11) is 3.46. The normalized spacial score (nSPS) is 14.4. The van der Waals surface area contributed by atoms with Gasteiger partial charge in [-0.05, 0) is 30.0 Å². The average Bonchev–Trinajstić information content (AvgIpc) is 3.36. The Bertz CT molecular complexity index is 743. The predicted octanol–water partition coefficient (Wildman–Crippen LogP) is 3.69. The summed E-state index contributed by atoms with van der Waals surface area (Å²) in [5, 5.41) is 7.91. The maximum Gasteiger partial charge on any atom is 0.233 e. The molecular weight excluding hydrogens is 360 g/mol. The minimum absolute atomic E-state index is 0.0557. The number of methoxy groups -OCH3 is 1. The van der Waals surface area contributed by atoms with E-state index in [0.29, 0.717) is 17.5 Å². The van der Waals surface area contributed by atoms with Crippen molar-refractivity contribution in [2.24, 2.45) is 5.92 Å². The quantitative estimate of drug-likeness (QED) is 0.664. The van der Waals surface area contributed by atoms with E-state index in [2.05, 4.69) is 15.2 Å². The first-order chi connectivity index (χ1) is 13.1. The van der Waals surface area contributed by atoms with Gasteiger partial charge in [-0.3, -0.25) is 9.89 Å². The van der Waals surface area contributed by atoms with Gasteiger partial charge in [0.05, 0.1) is 12.9 Å². The van der Waals surface area contributed by atoms with Gasteiger partial charge in [-0.2, -0.15) is 0 Å². The average molecular weight is 389 g/mol. The van der Waals surface area contributed by atoms with Gasteiger partial charge in [0, 0.05) is 20.0 Å². The molecule has 0 radical (unpaired) electrons. The van der Waals surface area contributed by atoms with Gasteiger partial charge in [0.2, 0.25) is 11.1 Å². The Morgan fingerprint density at radius 2 is 2.19 bits per heavy atom. The zero-order valence-electron chi connectivity index (χ0n) is 16.1. The number of benzene rings is 1. The number of ether oxygens (including phenoxy) is 1. The van der Waals surface area contributed by atoms with E-state index >= 15 is 0 Å². The summed E-state index contributed by atoms with van der Waals surface area (Å²) in [6.07, 6.45) is 7.57. The molecule has 1 aromatic heterocycles. The van der Waals surface area contributed by atoms with E-state index in [1.54, 1.807) is 12.0 Å². The number of amides is 1. The molecular formula is C20H28N4O2S. The minimum Gasteiger partial charge on any atom is -0.497 e. The number of nitrogens with zero attached hydrogens (tertiary/aromatic N) is 3. The van der Waals surface area contributed by atoms with Crippen molar-refractivity contribution < 1.29 is 9.53 Å². The summed E-state index contributed by atoms with van der Waals surface area (Å²) < 4.78 is 5.23. The monoisotopic (exact) mass is 388 g/mol. The molecule has 0 unspecified atom stereocenters. The number of thioether (sulfide) groups is 1. The second-order valence-corrected chi connectivity index (χ2v) is 8.09. The molecule has 1 heterocycles. The number of rotatable bonds is 9. The first-order valence-electron chi connectivity index (χ1n) is 9.55. The van der Waals surface area contributed by atoms with E-state index in [4.69, 9.17) is 4.74 Å². The molecule has 146 valence electrons. The van der Waals surface area contributed by atoms with E-state index in [1.165, 1.54) is 43.9 Å². The maximum atomic E-state index is 12.4. The van der Waals surface area contributed by atoms with Gasteiger partial charge >= 0.3 is 0 Å². The number of hydrogen-bond acceptors (Lipinski definition) is 5. The molecule has 3 rings (SSSR count). The lowest BCUT2D eigenvalue weighted by molar-refractivity contribution is -0.127. The summed E-state index contributed by atoms with van der Waals surface area (Å²) in [6, 6.07) is 7.77. The van der Waals surface area contributed by atoms with Crippen molar-refractivity contribution in [1.82, 2.24) is 20.1 Å². The molecule has 1 amide bonds. The molecule has 0 aliphatic heterocycles. The number of H-pyrrole nitrogens is 1. The van der Waals surface area contributed by atoms with Crippen LogP contribution in [0.5, 0.6) is 5.75 Å². The highest BCUT2D eigenvalue weighted by molar-refractivity contribution is 7.99. The third-order valence-corrected chi connectivity index (χ3v) is 5.91. The van der Waals surface area contributed by atoms with Crippen LogP contribution in [0.4, 0.5) is 0 Å². The summed E-state index contributed by atoms with van der Waals surface area (Å²) >= 11 is 1.38. The maximum absolute atomic E-state index is 12.4. The largest absolute Gasteiger partial charge is 0.497 e. The summed E-state index contributed by atoms with van der Waals surface area (Å²) in [6.45, 7) is 0.553. The third-order valence-electron chi connectivity index (χ3n) is 5.08. The third kappa shape index (κ3) is 5.99. The Morgan fingerprint density at radius 1 is 1.37 bits per heavy atom. The van der Waals surface area contributed by atoms with Gasteiger partial charge in [0.1, 0.15) is 11.6 Å². The van der Waals surface area contributed by atoms with E-state index in [9.17, 15) is 4.79 Å². The van der Waals surface area contributed by atoms with Crippen molar-refractivity contribution in [3.63, 3.8) is 0 Å². The second kappa shape index (κ2) is 9.78. The van der Waals surface area contributed by atoms with Crippen LogP contribution in [-0.4, -0.2) is 45.9 Å². The molecule has 1 aromatic carbocycles. The summed E-state index contributed by atoms with van der Waals surface area (Å²) in [5.41, 5.74) is 1.04. The predicted molar refractivity (Wildman–Crippen MR) is 107 cm³/mol. The van der Waals surface area contributed by atoms with Gasteiger partial charge in [-0.25, -0.2) is 4.98 Å². The van der Waals surface area contributed by atoms with Gasteiger partial charge in [-0.15, -0.1) is 5.10 Å². The Hall–Kier alpha value is -2.02. The highest BCUT2D eigenvalue weighted by atomic mass is 32.2. The van der Waals surface area contributed by atoms with Crippen LogP contribution in [-0.2, 0) is 17.8 Å². The molecule has 7 heteroatoms. The second-order valence-electron chi connectivity index (χ2n) is 7.14. The Kier molecular flexibility index (Phi) is 7.15. The molecule has 6 nitrogen and oxygen atoms in total. The van der Waals surface area contributed by atoms with Gasteiger partial charge in [0.15, 0.2) is 0 Å². The zero-order valence-corrected chi connectivity index (χ0v) is 16.9. The van der Waals surface area contributed by atoms with Crippen molar-refractivity contribution in [3.8, 4) is 5.75 Å². The van der Waals surface area contributed by atoms with Crippen molar-refractivity contribution in [2.45, 2.75) is 50.2 Å². The number of nitrogens with one attached hydrogen (secondary N) is 1. The van der Waals surface area contributed by atoms with Gasteiger partial charge < -0.3 is 9.64 Å². The van der Waals surface area contributed by atoms with Crippen molar-refractivity contribution >= 4 is 17.7 Å². The SMILES string of the molecule is COc1cccc(CN(C)C(=O)CSc2n[nH]c(CCC3CCCC3)n2)c1. The van der Waals surface area contributed by atoms with Crippen LogP contribution in [0.3, 0.4) is 0 Å². The van der Waals surface area contributed by atoms with Crippen LogP contribution in [0.25, 0.3) is 0 Å². The number of carbonyl (C=O) groups excluding carboxylic acids is 1. The fraction of sp³-hybridized carbons (Fsp3) is 0.550. The van der Waals surface area contributed by atoms with E-state index in [0.717, 1.165) is 29.5 Å². The molecule has 27 heavy (non-hydrogen) atoms. The van der Waals surface area contributed by atoms with Crippen molar-refractivity contribution in [1.29, 1.82) is 0 Å². The fourth-order valence-electron chi connectivity index (χ4n) is 3.46. The molecule has 1 aliphatic rings. The summed E-state index contributed by atoms with van der Waals surface area (Å²) in [4.78, 5) is 18.6. The standard InChI is InChI=1S/C20H28N4O2S/c1-24(13-16-8-5-9-17(12-16)26-2)19(25)14-27-20-21-18(22-23-20)11-10-15-6-3-4-7-15/h5,8-9,12,15H,3-4,6-7,10-11,13-14H2,1-2H3,(H,21,22,23). The topological polar surface area (TPSA) is 71.1 Å². The number of aromatic nitrogens is 3. The Labute approximate surface area is 165 Å². The number of aryl methyl sites for hydroxylation is 1. The van der Waals surface area contributed by atoms with Crippen molar-refractivity contribution in [2.75, 3.05) is 19.9 Å². The lowest BCUT2D eigenvalue weighted by Crippen LogP contribution is -2.27. The fourth-order valence-corrected chi connectivity index (χ4v) is 4.22. The smallest absolute Gasteiger partial charge is 0.233 e. The molecule has 0 atom stereocenters. The molecule has 1 N–H and O–H groups in total. The first kappa shape index (κ1) is 19.7. The van der Waals surface area contributed by atoms with Crippen LogP contribution >= 0.6 is 11.8 Å². The molecule has 0 bridgehead atoms. The van der Waals surface area contributed by atoms with E-state index < -0.39 is 0 Å². The lowest BCUT2D eigenvalue weighted by atomic mass is 10.0. The van der Waals surface area contributed by atoms with Gasteiger partial charge in [0.25, 0.3) is 0 Å². The number of aromatic amines is 1. The number of carbonyl (C=O) groups is 1. The van der Waals surface area contributed by atoms with Crippen LogP contribution in [0.15, 0.2) is 29.4 Å². The van der Waals surface area contributed by atoms with E-state index in [1.807, 2.05) is 31.3 Å². The summed E-state index contributed by atoms with van der Waals surface area (Å²) in [5.74, 6) is 2.97. The van der Waals surface area contributed by atoms with Crippen LogP contribution in [0.2, 0.25) is 0 Å². The Morgan fingerprint density at radius 3 is 2.96 bits per heavy atom. The molecule has 2 aromatic rings. The molecule has 1 aliphatic carbocycles. The van der Waals surface area contributed by atoms with Crippen LogP contribution in [0.1, 0.15) is 43.5 Å². The Balaban J connectivity index is 1.42. The minimum atomic E-state index is 0.0557. The molecule has 0 spiro atoms. The van der Waals surface area contributed by atoms with Crippen LogP contribution < -0.4 is 4.74 Å². The highest BCUT2D eigenvalue weighted by Gasteiger charge is 2.16. The van der Waals surface area contributed by atoms with Gasteiger partial charge in [-0.1, -0.05) is 49.6 Å². The highest BCUT2D eigenvalue weighted by Crippen LogP contribution is 2.28. The molecule has 0 saturated heterocycles. The molecule has 1 fully saturated rings. The molecule has 1 saturated carbocycles. The van der Waals surface area contributed by atoms with E-state index in [-0.39, 0.29) is 5.91 Å². The first-order valence-corrected chi connectivity index (χ1v) is 10.5. The number of hydrogen-bond donors (Lipinski definition) is 1. The van der Waals surface area contributed by atoms with Crippen molar-refractivity contribution in [3.05, 3.63) is 35.7 Å². The zero-order chi connectivity index (χ0) is 19.1. The lowest BCUT2D eigenvalue weighted by Gasteiger charge is -2.17.